The summed E-state index contributed by atoms with van der Waals surface area (Å²) < 4.78 is 5.06. The number of hydrogen-bond acceptors (Lipinski definition) is 4. The van der Waals surface area contributed by atoms with Gasteiger partial charge in [0.15, 0.2) is 0 Å². The monoisotopic (exact) mass is 246 g/mol. The van der Waals surface area contributed by atoms with E-state index in [1.807, 2.05) is 0 Å². The molecule has 1 rings (SSSR count). The number of carboxylic acid groups (broad SMARTS) is 1. The van der Waals surface area contributed by atoms with Gasteiger partial charge in [-0.3, -0.25) is 0 Å². The van der Waals surface area contributed by atoms with Crippen LogP contribution >= 0.6 is 11.6 Å². The molecule has 0 aliphatic rings. The summed E-state index contributed by atoms with van der Waals surface area (Å²) in [5.41, 5.74) is -0.0855. The summed E-state index contributed by atoms with van der Waals surface area (Å²) in [4.78, 5) is 10.8. The zero-order valence-electron chi connectivity index (χ0n) is 8.26. The van der Waals surface area contributed by atoms with Gasteiger partial charge in [-0.2, -0.15) is 0 Å². The first-order valence-corrected chi connectivity index (χ1v) is 4.87. The molecule has 0 saturated heterocycles. The molecule has 0 aliphatic heterocycles. The second kappa shape index (κ2) is 5.69. The molecule has 1 aromatic carbocycles. The number of halogens is 1. The van der Waals surface area contributed by atoms with Gasteiger partial charge in [-0.05, 0) is 18.2 Å². The van der Waals surface area contributed by atoms with E-state index in [1.165, 1.54) is 18.2 Å². The molecule has 1 unspecified atom stereocenters. The van der Waals surface area contributed by atoms with Crippen LogP contribution < -0.4 is 4.74 Å². The minimum atomic E-state index is -1.17. The minimum Gasteiger partial charge on any atom is -0.490 e. The fourth-order valence-electron chi connectivity index (χ4n) is 1.03. The molecule has 88 valence electrons. The molecule has 0 amide bonds. The largest absolute Gasteiger partial charge is 0.490 e. The van der Waals surface area contributed by atoms with Gasteiger partial charge < -0.3 is 20.1 Å². The van der Waals surface area contributed by atoms with Gasteiger partial charge in [-0.15, -0.1) is 0 Å². The van der Waals surface area contributed by atoms with E-state index in [2.05, 4.69) is 0 Å². The number of rotatable bonds is 5. The van der Waals surface area contributed by atoms with E-state index in [4.69, 9.17) is 31.7 Å². The van der Waals surface area contributed by atoms with E-state index in [-0.39, 0.29) is 22.9 Å². The topological polar surface area (TPSA) is 87.0 Å². The standard InChI is InChI=1S/C10H11ClO5/c11-6-1-2-9(8(3-6)10(14)15)16-5-7(13)4-12/h1-3,7,12-13H,4-5H2,(H,14,15). The van der Waals surface area contributed by atoms with Crippen molar-refractivity contribution in [2.45, 2.75) is 6.10 Å². The average molecular weight is 247 g/mol. The second-order valence-electron chi connectivity index (χ2n) is 3.09. The number of ether oxygens (including phenoxy) is 1. The highest BCUT2D eigenvalue weighted by Gasteiger charge is 2.13. The van der Waals surface area contributed by atoms with Crippen molar-refractivity contribution in [1.29, 1.82) is 0 Å². The molecular weight excluding hydrogens is 236 g/mol. The van der Waals surface area contributed by atoms with Crippen LogP contribution in [0.5, 0.6) is 5.75 Å². The first-order chi connectivity index (χ1) is 7.54. The van der Waals surface area contributed by atoms with Crippen molar-refractivity contribution in [2.24, 2.45) is 0 Å². The van der Waals surface area contributed by atoms with Gasteiger partial charge >= 0.3 is 5.97 Å². The third-order valence-corrected chi connectivity index (χ3v) is 2.05. The summed E-state index contributed by atoms with van der Waals surface area (Å²) in [5.74, 6) is -1.07. The number of aliphatic hydroxyl groups is 2. The van der Waals surface area contributed by atoms with Crippen molar-refractivity contribution >= 4 is 17.6 Å². The predicted octanol–water partition coefficient (Wildman–Crippen LogP) is 0.770. The third kappa shape index (κ3) is 3.37. The Hall–Kier alpha value is -1.30. The Morgan fingerprint density at radius 3 is 2.75 bits per heavy atom. The predicted molar refractivity (Wildman–Crippen MR) is 57.0 cm³/mol. The van der Waals surface area contributed by atoms with Gasteiger partial charge in [0.05, 0.1) is 6.61 Å². The molecule has 0 bridgehead atoms. The van der Waals surface area contributed by atoms with E-state index < -0.39 is 18.7 Å². The zero-order chi connectivity index (χ0) is 12.1. The van der Waals surface area contributed by atoms with Gasteiger partial charge in [0.25, 0.3) is 0 Å². The number of aromatic carboxylic acids is 1. The molecular formula is C10H11ClO5. The fraction of sp³-hybridized carbons (Fsp3) is 0.300. The van der Waals surface area contributed by atoms with Crippen LogP contribution in [-0.4, -0.2) is 40.6 Å². The van der Waals surface area contributed by atoms with Crippen LogP contribution in [-0.2, 0) is 0 Å². The van der Waals surface area contributed by atoms with E-state index in [9.17, 15) is 4.79 Å². The summed E-state index contributed by atoms with van der Waals surface area (Å²) >= 11 is 5.64. The van der Waals surface area contributed by atoms with Gasteiger partial charge in [0.1, 0.15) is 24.0 Å². The smallest absolute Gasteiger partial charge is 0.339 e. The Labute approximate surface area is 96.9 Å². The maximum Gasteiger partial charge on any atom is 0.339 e. The Morgan fingerprint density at radius 1 is 1.50 bits per heavy atom. The second-order valence-corrected chi connectivity index (χ2v) is 3.53. The van der Waals surface area contributed by atoms with Crippen LogP contribution in [0.4, 0.5) is 0 Å². The van der Waals surface area contributed by atoms with Crippen LogP contribution in [0.25, 0.3) is 0 Å². The van der Waals surface area contributed by atoms with E-state index in [1.54, 1.807) is 0 Å². The van der Waals surface area contributed by atoms with Crippen LogP contribution in [0.15, 0.2) is 18.2 Å². The molecule has 0 heterocycles. The molecule has 16 heavy (non-hydrogen) atoms. The van der Waals surface area contributed by atoms with Crippen molar-refractivity contribution in [1.82, 2.24) is 0 Å². The molecule has 0 spiro atoms. The van der Waals surface area contributed by atoms with Gasteiger partial charge in [-0.25, -0.2) is 4.79 Å². The molecule has 0 saturated carbocycles. The van der Waals surface area contributed by atoms with Crippen molar-refractivity contribution in [3.63, 3.8) is 0 Å². The number of aliphatic hydroxyl groups excluding tert-OH is 2. The molecule has 1 atom stereocenters. The van der Waals surface area contributed by atoms with Crippen LogP contribution in [0.1, 0.15) is 10.4 Å². The lowest BCUT2D eigenvalue weighted by molar-refractivity contribution is 0.0519. The summed E-state index contributed by atoms with van der Waals surface area (Å²) in [6.07, 6.45) is -1.04. The first kappa shape index (κ1) is 12.8. The molecule has 3 N–H and O–H groups in total. The van der Waals surface area contributed by atoms with E-state index in [0.717, 1.165) is 0 Å². The van der Waals surface area contributed by atoms with E-state index >= 15 is 0 Å². The summed E-state index contributed by atoms with van der Waals surface area (Å²) in [5, 5.41) is 26.8. The molecule has 0 radical (unpaired) electrons. The summed E-state index contributed by atoms with van der Waals surface area (Å²) in [7, 11) is 0. The summed E-state index contributed by atoms with van der Waals surface area (Å²) in [6.45, 7) is -0.631. The van der Waals surface area contributed by atoms with Gasteiger partial charge in [0, 0.05) is 5.02 Å². The Kier molecular flexibility index (Phi) is 4.54. The lowest BCUT2D eigenvalue weighted by Gasteiger charge is -2.11. The van der Waals surface area contributed by atoms with Crippen LogP contribution in [0.3, 0.4) is 0 Å². The lowest BCUT2D eigenvalue weighted by atomic mass is 10.2. The number of hydrogen-bond donors (Lipinski definition) is 3. The normalized spacial score (nSPS) is 12.2. The maximum absolute atomic E-state index is 10.8. The molecule has 0 aliphatic carbocycles. The number of carboxylic acids is 1. The Morgan fingerprint density at radius 2 is 2.19 bits per heavy atom. The first-order valence-electron chi connectivity index (χ1n) is 4.49. The van der Waals surface area contributed by atoms with Crippen molar-refractivity contribution < 1.29 is 24.9 Å². The SMILES string of the molecule is O=C(O)c1cc(Cl)ccc1OCC(O)CO. The van der Waals surface area contributed by atoms with Gasteiger partial charge in [0.2, 0.25) is 0 Å². The highest BCUT2D eigenvalue weighted by atomic mass is 35.5. The summed E-state index contributed by atoms with van der Waals surface area (Å²) in [6, 6.07) is 4.13. The number of carbonyl (C=O) groups is 1. The highest BCUT2D eigenvalue weighted by Crippen LogP contribution is 2.23. The van der Waals surface area contributed by atoms with Crippen LogP contribution in [0.2, 0.25) is 5.02 Å². The molecule has 0 fully saturated rings. The maximum atomic E-state index is 10.8. The molecule has 5 nitrogen and oxygen atoms in total. The fourth-order valence-corrected chi connectivity index (χ4v) is 1.21. The van der Waals surface area contributed by atoms with E-state index in [0.29, 0.717) is 0 Å². The zero-order valence-corrected chi connectivity index (χ0v) is 9.02. The van der Waals surface area contributed by atoms with Crippen molar-refractivity contribution in [2.75, 3.05) is 13.2 Å². The van der Waals surface area contributed by atoms with Crippen molar-refractivity contribution in [3.8, 4) is 5.75 Å². The van der Waals surface area contributed by atoms with Gasteiger partial charge in [-0.1, -0.05) is 11.6 Å². The molecule has 0 aromatic heterocycles. The molecule has 1 aromatic rings. The average Bonchev–Trinajstić information content (AvgIpc) is 2.26. The third-order valence-electron chi connectivity index (χ3n) is 1.81. The highest BCUT2D eigenvalue weighted by molar-refractivity contribution is 6.31. The van der Waals surface area contributed by atoms with Crippen molar-refractivity contribution in [3.05, 3.63) is 28.8 Å². The minimum absolute atomic E-state index is 0.0855. The Bertz CT molecular complexity index is 379. The number of benzene rings is 1. The quantitative estimate of drug-likeness (QED) is 0.714. The lowest BCUT2D eigenvalue weighted by Crippen LogP contribution is -2.22. The van der Waals surface area contributed by atoms with Crippen LogP contribution in [0, 0.1) is 0 Å². The Balaban J connectivity index is 2.82. The molecule has 6 heteroatoms.